The van der Waals surface area contributed by atoms with Gasteiger partial charge < -0.3 is 0 Å². The summed E-state index contributed by atoms with van der Waals surface area (Å²) < 4.78 is 1.33. The smallest absolute Gasteiger partial charge is 0.0136 e. The number of rotatable bonds is 3. The highest BCUT2D eigenvalue weighted by molar-refractivity contribution is 14.1. The summed E-state index contributed by atoms with van der Waals surface area (Å²) in [6.45, 7) is 2.78. The second-order valence-corrected chi connectivity index (χ2v) is 5.58. The van der Waals surface area contributed by atoms with Crippen molar-refractivity contribution in [1.29, 1.82) is 0 Å². The van der Waals surface area contributed by atoms with Gasteiger partial charge in [0, 0.05) is 17.0 Å². The molecule has 1 saturated carbocycles. The third kappa shape index (κ3) is 2.38. The van der Waals surface area contributed by atoms with Crippen molar-refractivity contribution in [3.8, 4) is 0 Å². The second kappa shape index (κ2) is 4.96. The zero-order chi connectivity index (χ0) is 9.10. The summed E-state index contributed by atoms with van der Waals surface area (Å²) in [4.78, 5) is 2.73. The van der Waals surface area contributed by atoms with Gasteiger partial charge in [-0.2, -0.15) is 0 Å². The van der Waals surface area contributed by atoms with Gasteiger partial charge in [-0.25, -0.2) is 0 Å². The van der Waals surface area contributed by atoms with E-state index in [9.17, 15) is 0 Å². The monoisotopic (exact) mass is 293 g/mol. The van der Waals surface area contributed by atoms with Crippen LogP contribution in [0.15, 0.2) is 0 Å². The maximum Gasteiger partial charge on any atom is 0.0136 e. The lowest BCUT2D eigenvalue weighted by molar-refractivity contribution is 0.0111. The number of alkyl halides is 1. The standard InChI is InChI=1S/C11H20IN/c12-7-4-8-13-9-10-5-2-1-3-6-11(10)13/h10-11H,1-9H2. The molecule has 0 amide bonds. The van der Waals surface area contributed by atoms with E-state index in [1.54, 1.807) is 0 Å². The average Bonchev–Trinajstić information content (AvgIpc) is 2.29. The number of fused-ring (bicyclic) bond motifs is 1. The van der Waals surface area contributed by atoms with E-state index < -0.39 is 0 Å². The summed E-state index contributed by atoms with van der Waals surface area (Å²) in [5.41, 5.74) is 0. The molecule has 1 aliphatic heterocycles. The van der Waals surface area contributed by atoms with E-state index in [1.807, 2.05) is 0 Å². The van der Waals surface area contributed by atoms with Crippen molar-refractivity contribution in [2.45, 2.75) is 44.6 Å². The topological polar surface area (TPSA) is 3.24 Å². The summed E-state index contributed by atoms with van der Waals surface area (Å²) in [7, 11) is 0. The lowest BCUT2D eigenvalue weighted by Crippen LogP contribution is -2.55. The van der Waals surface area contributed by atoms with Gasteiger partial charge in [0.25, 0.3) is 0 Å². The average molecular weight is 293 g/mol. The molecule has 2 heteroatoms. The second-order valence-electron chi connectivity index (χ2n) is 4.50. The van der Waals surface area contributed by atoms with Gasteiger partial charge >= 0.3 is 0 Å². The third-order valence-electron chi connectivity index (χ3n) is 3.64. The lowest BCUT2D eigenvalue weighted by atomic mass is 9.84. The SMILES string of the molecule is ICCCN1CC2CCCCCC21. The molecule has 1 saturated heterocycles. The summed E-state index contributed by atoms with van der Waals surface area (Å²) in [6.07, 6.45) is 8.89. The van der Waals surface area contributed by atoms with Crippen molar-refractivity contribution < 1.29 is 0 Å². The van der Waals surface area contributed by atoms with Crippen LogP contribution in [-0.4, -0.2) is 28.5 Å². The minimum absolute atomic E-state index is 0.991. The normalized spacial score (nSPS) is 34.8. The summed E-state index contributed by atoms with van der Waals surface area (Å²) in [6, 6.07) is 0.991. The van der Waals surface area contributed by atoms with Crippen LogP contribution in [0.2, 0.25) is 0 Å². The molecule has 0 aromatic rings. The van der Waals surface area contributed by atoms with Gasteiger partial charge in [-0.15, -0.1) is 0 Å². The lowest BCUT2D eigenvalue weighted by Gasteiger charge is -2.48. The molecule has 76 valence electrons. The highest BCUT2D eigenvalue weighted by Crippen LogP contribution is 2.35. The first-order valence-corrected chi connectivity index (χ1v) is 7.24. The predicted octanol–water partition coefficient (Wildman–Crippen LogP) is 3.08. The van der Waals surface area contributed by atoms with Crippen LogP contribution in [0.4, 0.5) is 0 Å². The number of halogens is 1. The molecular formula is C11H20IN. The van der Waals surface area contributed by atoms with Crippen LogP contribution >= 0.6 is 22.6 Å². The third-order valence-corrected chi connectivity index (χ3v) is 4.40. The van der Waals surface area contributed by atoms with Gasteiger partial charge in [-0.1, -0.05) is 41.9 Å². The molecule has 13 heavy (non-hydrogen) atoms. The summed E-state index contributed by atoms with van der Waals surface area (Å²) in [5, 5.41) is 0. The number of hydrogen-bond donors (Lipinski definition) is 0. The molecule has 0 radical (unpaired) electrons. The Morgan fingerprint density at radius 2 is 2.00 bits per heavy atom. The fraction of sp³-hybridized carbons (Fsp3) is 1.00. The zero-order valence-electron chi connectivity index (χ0n) is 8.34. The summed E-state index contributed by atoms with van der Waals surface area (Å²) >= 11 is 2.49. The molecule has 2 unspecified atom stereocenters. The van der Waals surface area contributed by atoms with Crippen LogP contribution in [-0.2, 0) is 0 Å². The highest BCUT2D eigenvalue weighted by atomic mass is 127. The molecule has 0 bridgehead atoms. The van der Waals surface area contributed by atoms with E-state index in [0.29, 0.717) is 0 Å². The van der Waals surface area contributed by atoms with Crippen molar-refractivity contribution in [3.63, 3.8) is 0 Å². The first kappa shape index (κ1) is 10.2. The molecule has 2 aliphatic rings. The Morgan fingerprint density at radius 3 is 2.85 bits per heavy atom. The number of likely N-dealkylation sites (tertiary alicyclic amines) is 1. The molecule has 2 atom stereocenters. The van der Waals surface area contributed by atoms with Crippen molar-refractivity contribution in [2.75, 3.05) is 17.5 Å². The molecule has 0 spiro atoms. The van der Waals surface area contributed by atoms with Crippen LogP contribution < -0.4 is 0 Å². The van der Waals surface area contributed by atoms with Gasteiger partial charge in [-0.3, -0.25) is 4.90 Å². The molecule has 1 heterocycles. The van der Waals surface area contributed by atoms with Crippen LogP contribution in [0.1, 0.15) is 38.5 Å². The molecule has 2 fully saturated rings. The van der Waals surface area contributed by atoms with Crippen molar-refractivity contribution in [3.05, 3.63) is 0 Å². The van der Waals surface area contributed by atoms with E-state index in [0.717, 1.165) is 12.0 Å². The Morgan fingerprint density at radius 1 is 1.15 bits per heavy atom. The molecule has 0 N–H and O–H groups in total. The van der Waals surface area contributed by atoms with E-state index in [1.165, 1.54) is 56.0 Å². The quantitative estimate of drug-likeness (QED) is 0.571. The van der Waals surface area contributed by atoms with Crippen LogP contribution in [0.5, 0.6) is 0 Å². The Bertz CT molecular complexity index is 160. The van der Waals surface area contributed by atoms with Gasteiger partial charge in [-0.05, 0) is 31.7 Å². The maximum absolute atomic E-state index is 2.73. The minimum atomic E-state index is 0.991. The fourth-order valence-corrected chi connectivity index (χ4v) is 3.22. The van der Waals surface area contributed by atoms with Crippen molar-refractivity contribution in [1.82, 2.24) is 4.90 Å². The fourth-order valence-electron chi connectivity index (χ4n) is 2.88. The van der Waals surface area contributed by atoms with E-state index in [4.69, 9.17) is 0 Å². The number of hydrogen-bond acceptors (Lipinski definition) is 1. The van der Waals surface area contributed by atoms with Crippen molar-refractivity contribution >= 4 is 22.6 Å². The summed E-state index contributed by atoms with van der Waals surface area (Å²) in [5.74, 6) is 1.08. The van der Waals surface area contributed by atoms with Gasteiger partial charge in [0.1, 0.15) is 0 Å². The molecule has 2 rings (SSSR count). The van der Waals surface area contributed by atoms with Crippen LogP contribution in [0.25, 0.3) is 0 Å². The molecule has 1 aliphatic carbocycles. The van der Waals surface area contributed by atoms with E-state index in [-0.39, 0.29) is 0 Å². The molecule has 1 nitrogen and oxygen atoms in total. The zero-order valence-corrected chi connectivity index (χ0v) is 10.5. The largest absolute Gasteiger partial charge is 0.300 e. The Hall–Kier alpha value is 0.690. The first-order chi connectivity index (χ1) is 6.42. The Balaban J connectivity index is 1.77. The maximum atomic E-state index is 2.73. The highest BCUT2D eigenvalue weighted by Gasteiger charge is 2.37. The first-order valence-electron chi connectivity index (χ1n) is 5.72. The molecule has 0 aromatic carbocycles. The Kier molecular flexibility index (Phi) is 3.90. The Labute approximate surface area is 95.4 Å². The van der Waals surface area contributed by atoms with Crippen LogP contribution in [0.3, 0.4) is 0 Å². The molecular weight excluding hydrogens is 273 g/mol. The van der Waals surface area contributed by atoms with Gasteiger partial charge in [0.2, 0.25) is 0 Å². The molecule has 0 aromatic heterocycles. The van der Waals surface area contributed by atoms with E-state index in [2.05, 4.69) is 27.5 Å². The predicted molar refractivity (Wildman–Crippen MR) is 65.4 cm³/mol. The number of nitrogens with zero attached hydrogens (tertiary/aromatic N) is 1. The van der Waals surface area contributed by atoms with E-state index >= 15 is 0 Å². The van der Waals surface area contributed by atoms with Crippen LogP contribution in [0, 0.1) is 5.92 Å². The van der Waals surface area contributed by atoms with Gasteiger partial charge in [0.15, 0.2) is 0 Å². The van der Waals surface area contributed by atoms with Gasteiger partial charge in [0.05, 0.1) is 0 Å². The minimum Gasteiger partial charge on any atom is -0.300 e. The van der Waals surface area contributed by atoms with Crippen molar-refractivity contribution in [2.24, 2.45) is 5.92 Å².